The molecule has 4 rings (SSSR count). The van der Waals surface area contributed by atoms with Crippen LogP contribution in [-0.2, 0) is 16.1 Å². The quantitative estimate of drug-likeness (QED) is 0.171. The average molecular weight is 672 g/mol. The van der Waals surface area contributed by atoms with Crippen LogP contribution in [0.3, 0.4) is 0 Å². The van der Waals surface area contributed by atoms with Crippen LogP contribution < -0.4 is 9.47 Å². The number of esters is 1. The van der Waals surface area contributed by atoms with E-state index in [-0.39, 0.29) is 11.6 Å². The minimum Gasteiger partial charge on any atom is -0.493 e. The number of halogens is 3. The van der Waals surface area contributed by atoms with Gasteiger partial charge in [0.1, 0.15) is 6.61 Å². The number of carbonyl (C=O) groups excluding carboxylic acids is 1. The summed E-state index contributed by atoms with van der Waals surface area (Å²) in [5.41, 5.74) is 2.58. The maximum atomic E-state index is 12.4. The highest BCUT2D eigenvalue weighted by atomic mass is 127. The Morgan fingerprint density at radius 1 is 1.06 bits per heavy atom. The van der Waals surface area contributed by atoms with Gasteiger partial charge in [-0.25, -0.2) is 9.79 Å². The van der Waals surface area contributed by atoms with Gasteiger partial charge in [0.15, 0.2) is 17.2 Å². The molecule has 1 heterocycles. The van der Waals surface area contributed by atoms with E-state index in [1.54, 1.807) is 25.3 Å². The highest BCUT2D eigenvalue weighted by molar-refractivity contribution is 14.1. The summed E-state index contributed by atoms with van der Waals surface area (Å²) < 4.78 is 18.9. The van der Waals surface area contributed by atoms with Crippen LogP contribution in [0.15, 0.2) is 71.4 Å². The van der Waals surface area contributed by atoms with Crippen molar-refractivity contribution in [3.63, 3.8) is 0 Å². The molecule has 0 aliphatic carbocycles. The summed E-state index contributed by atoms with van der Waals surface area (Å²) in [4.78, 5) is 16.7. The van der Waals surface area contributed by atoms with Gasteiger partial charge >= 0.3 is 5.97 Å². The number of hydrogen-bond donors (Lipinski definition) is 0. The fraction of sp³-hybridized carbons (Fsp3) is 0.0833. The zero-order chi connectivity index (χ0) is 22.7. The molecule has 3 aromatic carbocycles. The second-order valence-electron chi connectivity index (χ2n) is 6.75. The highest BCUT2D eigenvalue weighted by Crippen LogP contribution is 2.31. The first-order valence-corrected chi connectivity index (χ1v) is 12.0. The molecule has 0 spiro atoms. The summed E-state index contributed by atoms with van der Waals surface area (Å²) in [5.74, 6) is 0.821. The number of nitrogens with zero attached hydrogens (tertiary/aromatic N) is 1. The van der Waals surface area contributed by atoms with E-state index < -0.39 is 5.97 Å². The normalized spacial score (nSPS) is 14.3. The minimum atomic E-state index is -0.534. The third-order valence-electron chi connectivity index (χ3n) is 4.61. The van der Waals surface area contributed by atoms with Crippen LogP contribution in [0, 0.1) is 7.14 Å². The lowest BCUT2D eigenvalue weighted by molar-refractivity contribution is -0.129. The number of carbonyl (C=O) groups is 1. The van der Waals surface area contributed by atoms with Crippen molar-refractivity contribution < 1.29 is 19.0 Å². The predicted octanol–water partition coefficient (Wildman–Crippen LogP) is 6.48. The maximum Gasteiger partial charge on any atom is 0.363 e. The van der Waals surface area contributed by atoms with E-state index in [0.29, 0.717) is 28.7 Å². The number of hydrogen-bond acceptors (Lipinski definition) is 5. The highest BCUT2D eigenvalue weighted by Gasteiger charge is 2.26. The summed E-state index contributed by atoms with van der Waals surface area (Å²) in [6.07, 6.45) is 1.64. The van der Waals surface area contributed by atoms with E-state index in [2.05, 4.69) is 50.2 Å². The lowest BCUT2D eigenvalue weighted by atomic mass is 10.1. The van der Waals surface area contributed by atoms with Gasteiger partial charge < -0.3 is 14.2 Å². The smallest absolute Gasteiger partial charge is 0.363 e. The molecule has 5 nitrogen and oxygen atoms in total. The fourth-order valence-corrected chi connectivity index (χ4v) is 4.24. The molecule has 32 heavy (non-hydrogen) atoms. The molecule has 0 aromatic heterocycles. The summed E-state index contributed by atoms with van der Waals surface area (Å²) in [7, 11) is 1.57. The molecule has 162 valence electrons. The van der Waals surface area contributed by atoms with Crippen LogP contribution >= 0.6 is 56.8 Å². The molecule has 0 unspecified atom stereocenters. The maximum absolute atomic E-state index is 12.4. The Labute approximate surface area is 217 Å². The van der Waals surface area contributed by atoms with Gasteiger partial charge in [-0.1, -0.05) is 35.9 Å². The van der Waals surface area contributed by atoms with Gasteiger partial charge in [-0.3, -0.25) is 0 Å². The second kappa shape index (κ2) is 10.2. The standard InChI is InChI=1S/C24H16ClI2NO4/c1-30-22-11-14(6-9-21(22)31-13-15-4-2-3-5-19(15)27)10-20-24(29)32-23(28-20)17-12-16(26)7-8-18(17)25/h2-12H,13H2,1H3/b20-10-. The monoisotopic (exact) mass is 671 g/mol. The van der Waals surface area contributed by atoms with Crippen LogP contribution in [0.4, 0.5) is 0 Å². The van der Waals surface area contributed by atoms with Crippen LogP contribution in [0.1, 0.15) is 16.7 Å². The minimum absolute atomic E-state index is 0.185. The van der Waals surface area contributed by atoms with Crippen molar-refractivity contribution in [3.8, 4) is 11.5 Å². The summed E-state index contributed by atoms with van der Waals surface area (Å²) >= 11 is 10.7. The van der Waals surface area contributed by atoms with Crippen LogP contribution in [0.25, 0.3) is 6.08 Å². The number of aliphatic imine (C=N–C) groups is 1. The molecule has 0 fully saturated rings. The van der Waals surface area contributed by atoms with E-state index >= 15 is 0 Å². The molecule has 0 N–H and O–H groups in total. The van der Waals surface area contributed by atoms with E-state index in [9.17, 15) is 4.79 Å². The van der Waals surface area contributed by atoms with Gasteiger partial charge in [0.25, 0.3) is 0 Å². The van der Waals surface area contributed by atoms with Crippen molar-refractivity contribution >= 4 is 74.7 Å². The van der Waals surface area contributed by atoms with E-state index in [1.165, 1.54) is 0 Å². The summed E-state index contributed by atoms with van der Waals surface area (Å²) in [6, 6.07) is 18.9. The summed E-state index contributed by atoms with van der Waals surface area (Å²) in [6.45, 7) is 0.423. The van der Waals surface area contributed by atoms with Gasteiger partial charge in [0.2, 0.25) is 5.90 Å². The first kappa shape index (κ1) is 23.1. The lowest BCUT2D eigenvalue weighted by Crippen LogP contribution is -2.06. The first-order chi connectivity index (χ1) is 15.4. The van der Waals surface area contributed by atoms with Gasteiger partial charge in [-0.15, -0.1) is 0 Å². The number of ether oxygens (including phenoxy) is 3. The van der Waals surface area contributed by atoms with E-state index in [4.69, 9.17) is 25.8 Å². The van der Waals surface area contributed by atoms with Crippen LogP contribution in [-0.4, -0.2) is 19.0 Å². The SMILES string of the molecule is COc1cc(/C=C2\N=C(c3cc(I)ccc3Cl)OC2=O)ccc1OCc1ccccc1I. The Kier molecular flexibility index (Phi) is 7.37. The van der Waals surface area contributed by atoms with Crippen molar-refractivity contribution in [2.75, 3.05) is 7.11 Å². The van der Waals surface area contributed by atoms with Crippen molar-refractivity contribution in [2.45, 2.75) is 6.61 Å². The number of benzene rings is 3. The summed E-state index contributed by atoms with van der Waals surface area (Å²) in [5, 5.41) is 0.467. The Bertz CT molecular complexity index is 1260. The molecule has 0 amide bonds. The Balaban J connectivity index is 1.57. The molecule has 1 aliphatic heterocycles. The van der Waals surface area contributed by atoms with Gasteiger partial charge in [0, 0.05) is 12.7 Å². The van der Waals surface area contributed by atoms with Crippen LogP contribution in [0.2, 0.25) is 5.02 Å². The molecule has 0 radical (unpaired) electrons. The first-order valence-electron chi connectivity index (χ1n) is 9.47. The fourth-order valence-electron chi connectivity index (χ4n) is 3.01. The van der Waals surface area contributed by atoms with Crippen molar-refractivity contribution in [3.05, 3.63) is 95.2 Å². The molecule has 0 saturated heterocycles. The van der Waals surface area contributed by atoms with E-state index in [0.717, 1.165) is 18.3 Å². The Hall–Kier alpha value is -2.11. The zero-order valence-corrected chi connectivity index (χ0v) is 21.8. The molecular weight excluding hydrogens is 656 g/mol. The van der Waals surface area contributed by atoms with E-state index in [1.807, 2.05) is 48.5 Å². The second-order valence-corrected chi connectivity index (χ2v) is 9.57. The molecule has 8 heteroatoms. The largest absolute Gasteiger partial charge is 0.493 e. The predicted molar refractivity (Wildman–Crippen MR) is 141 cm³/mol. The van der Waals surface area contributed by atoms with Gasteiger partial charge in [0.05, 0.1) is 17.7 Å². The van der Waals surface area contributed by atoms with Crippen LogP contribution in [0.5, 0.6) is 11.5 Å². The Morgan fingerprint density at radius 2 is 1.88 bits per heavy atom. The molecule has 3 aromatic rings. The third-order valence-corrected chi connectivity index (χ3v) is 6.66. The van der Waals surface area contributed by atoms with Crippen molar-refractivity contribution in [2.24, 2.45) is 4.99 Å². The lowest BCUT2D eigenvalue weighted by Gasteiger charge is -2.12. The molecule has 0 bridgehead atoms. The van der Waals surface area contributed by atoms with Gasteiger partial charge in [-0.2, -0.15) is 0 Å². The van der Waals surface area contributed by atoms with Gasteiger partial charge in [-0.05, 0) is 93.2 Å². The third kappa shape index (κ3) is 5.26. The molecule has 1 aliphatic rings. The number of rotatable bonds is 6. The topological polar surface area (TPSA) is 57.1 Å². The zero-order valence-electron chi connectivity index (χ0n) is 16.8. The van der Waals surface area contributed by atoms with Crippen molar-refractivity contribution in [1.29, 1.82) is 0 Å². The average Bonchev–Trinajstić information content (AvgIpc) is 3.15. The van der Waals surface area contributed by atoms with Crippen molar-refractivity contribution in [1.82, 2.24) is 0 Å². The number of methoxy groups -OCH3 is 1. The Morgan fingerprint density at radius 3 is 2.66 bits per heavy atom. The molecular formula is C24H16ClI2NO4. The number of cyclic esters (lactones) is 1. The molecule has 0 saturated carbocycles. The molecule has 0 atom stereocenters.